The number of nitrogen functional groups attached to an aromatic ring is 2. The fraction of sp³-hybridized carbons (Fsp3) is 0.182. The third kappa shape index (κ3) is 1.54. The summed E-state index contributed by atoms with van der Waals surface area (Å²) in [6.45, 7) is 3.95. The summed E-state index contributed by atoms with van der Waals surface area (Å²) < 4.78 is 0. The normalized spacial score (nSPS) is 10.5. The third-order valence-electron chi connectivity index (χ3n) is 2.50. The molecular formula is C11H14N4. The Morgan fingerprint density at radius 1 is 1.13 bits per heavy atom. The van der Waals surface area contributed by atoms with Gasteiger partial charge in [-0.15, -0.1) is 0 Å². The number of nitrogens with two attached hydrogens (primary N) is 2. The first-order valence-corrected chi connectivity index (χ1v) is 4.76. The molecule has 4 nitrogen and oxygen atoms in total. The maximum atomic E-state index is 5.77. The number of aryl methyl sites for hydroxylation is 2. The zero-order valence-electron chi connectivity index (χ0n) is 8.83. The molecule has 0 bridgehead atoms. The predicted molar refractivity (Wildman–Crippen MR) is 62.3 cm³/mol. The number of anilines is 2. The first kappa shape index (κ1) is 9.58. The van der Waals surface area contributed by atoms with Gasteiger partial charge in [0.15, 0.2) is 0 Å². The van der Waals surface area contributed by atoms with Gasteiger partial charge in [0.05, 0.1) is 17.1 Å². The van der Waals surface area contributed by atoms with Crippen LogP contribution < -0.4 is 11.5 Å². The number of benzene rings is 1. The molecule has 5 N–H and O–H groups in total. The van der Waals surface area contributed by atoms with Crippen molar-refractivity contribution in [3.05, 3.63) is 29.6 Å². The number of hydrogen-bond donors (Lipinski definition) is 3. The molecule has 0 aliphatic heterocycles. The lowest BCUT2D eigenvalue weighted by molar-refractivity contribution is 1.02. The fourth-order valence-electron chi connectivity index (χ4n) is 1.71. The van der Waals surface area contributed by atoms with Gasteiger partial charge in [-0.25, -0.2) is 0 Å². The Morgan fingerprint density at radius 3 is 2.40 bits per heavy atom. The van der Waals surface area contributed by atoms with Crippen LogP contribution in [-0.4, -0.2) is 10.2 Å². The highest BCUT2D eigenvalue weighted by atomic mass is 15.1. The first-order valence-electron chi connectivity index (χ1n) is 4.76. The zero-order chi connectivity index (χ0) is 11.0. The van der Waals surface area contributed by atoms with Crippen LogP contribution in [0.5, 0.6) is 0 Å². The van der Waals surface area contributed by atoms with Crippen LogP contribution in [0.15, 0.2) is 18.2 Å². The molecule has 0 unspecified atom stereocenters. The van der Waals surface area contributed by atoms with Crippen LogP contribution in [0.4, 0.5) is 11.4 Å². The molecule has 0 spiro atoms. The van der Waals surface area contributed by atoms with Crippen molar-refractivity contribution in [2.24, 2.45) is 0 Å². The van der Waals surface area contributed by atoms with Gasteiger partial charge < -0.3 is 11.5 Å². The highest BCUT2D eigenvalue weighted by Crippen LogP contribution is 2.28. The third-order valence-corrected chi connectivity index (χ3v) is 2.50. The molecule has 0 saturated heterocycles. The number of aromatic nitrogens is 2. The maximum Gasteiger partial charge on any atom is 0.0672 e. The SMILES string of the molecule is Cc1n[nH]c(C)c1-c1ccc(N)c(N)c1. The number of H-pyrrole nitrogens is 1. The molecule has 78 valence electrons. The maximum absolute atomic E-state index is 5.77. The van der Waals surface area contributed by atoms with E-state index >= 15 is 0 Å². The van der Waals surface area contributed by atoms with E-state index in [0.717, 1.165) is 22.5 Å². The molecule has 2 aromatic rings. The molecule has 4 heteroatoms. The van der Waals surface area contributed by atoms with Gasteiger partial charge in [-0.2, -0.15) is 5.10 Å². The molecule has 1 heterocycles. The van der Waals surface area contributed by atoms with Gasteiger partial charge >= 0.3 is 0 Å². The standard InChI is InChI=1S/C11H14N4/c1-6-11(7(2)15-14-6)8-3-4-9(12)10(13)5-8/h3-5H,12-13H2,1-2H3,(H,14,15). The van der Waals surface area contributed by atoms with Gasteiger partial charge in [0.2, 0.25) is 0 Å². The van der Waals surface area contributed by atoms with E-state index in [1.165, 1.54) is 0 Å². The lowest BCUT2D eigenvalue weighted by atomic mass is 10.0. The van der Waals surface area contributed by atoms with E-state index in [-0.39, 0.29) is 0 Å². The van der Waals surface area contributed by atoms with Crippen molar-refractivity contribution < 1.29 is 0 Å². The predicted octanol–water partition coefficient (Wildman–Crippen LogP) is 1.86. The van der Waals surface area contributed by atoms with E-state index in [1.807, 2.05) is 32.0 Å². The highest BCUT2D eigenvalue weighted by Gasteiger charge is 2.09. The molecule has 0 saturated carbocycles. The number of nitrogens with one attached hydrogen (secondary N) is 1. The molecule has 1 aromatic heterocycles. The second-order valence-electron chi connectivity index (χ2n) is 3.65. The van der Waals surface area contributed by atoms with E-state index in [2.05, 4.69) is 10.2 Å². The minimum Gasteiger partial charge on any atom is -0.397 e. The van der Waals surface area contributed by atoms with E-state index in [1.54, 1.807) is 0 Å². The van der Waals surface area contributed by atoms with Crippen LogP contribution >= 0.6 is 0 Å². The van der Waals surface area contributed by atoms with Gasteiger partial charge in [-0.3, -0.25) is 5.10 Å². The van der Waals surface area contributed by atoms with Crippen LogP contribution in [0, 0.1) is 13.8 Å². The number of hydrogen-bond acceptors (Lipinski definition) is 3. The van der Waals surface area contributed by atoms with Gasteiger partial charge in [0.25, 0.3) is 0 Å². The van der Waals surface area contributed by atoms with Gasteiger partial charge in [0, 0.05) is 11.3 Å². The van der Waals surface area contributed by atoms with Crippen molar-refractivity contribution >= 4 is 11.4 Å². The monoisotopic (exact) mass is 202 g/mol. The van der Waals surface area contributed by atoms with Gasteiger partial charge in [-0.1, -0.05) is 6.07 Å². The fourth-order valence-corrected chi connectivity index (χ4v) is 1.71. The van der Waals surface area contributed by atoms with Crippen LogP contribution in [0.1, 0.15) is 11.4 Å². The van der Waals surface area contributed by atoms with Crippen molar-refractivity contribution in [2.45, 2.75) is 13.8 Å². The Labute approximate surface area is 88.3 Å². The summed E-state index contributed by atoms with van der Waals surface area (Å²) in [6, 6.07) is 5.65. The van der Waals surface area contributed by atoms with Crippen molar-refractivity contribution in [2.75, 3.05) is 11.5 Å². The van der Waals surface area contributed by atoms with Gasteiger partial charge in [-0.05, 0) is 31.5 Å². The molecule has 15 heavy (non-hydrogen) atoms. The number of aromatic amines is 1. The summed E-state index contributed by atoms with van der Waals surface area (Å²) in [7, 11) is 0. The Morgan fingerprint density at radius 2 is 1.87 bits per heavy atom. The molecule has 0 aliphatic carbocycles. The Balaban J connectivity index is 2.59. The summed E-state index contributed by atoms with van der Waals surface area (Å²) in [5.74, 6) is 0. The summed E-state index contributed by atoms with van der Waals surface area (Å²) in [5.41, 5.74) is 16.8. The lowest BCUT2D eigenvalue weighted by Gasteiger charge is -2.05. The molecule has 0 amide bonds. The molecule has 0 atom stereocenters. The molecule has 0 radical (unpaired) electrons. The number of rotatable bonds is 1. The summed E-state index contributed by atoms with van der Waals surface area (Å²) in [6.07, 6.45) is 0. The van der Waals surface area contributed by atoms with Crippen LogP contribution in [0.25, 0.3) is 11.1 Å². The summed E-state index contributed by atoms with van der Waals surface area (Å²) >= 11 is 0. The minimum atomic E-state index is 0.604. The van der Waals surface area contributed by atoms with E-state index in [9.17, 15) is 0 Å². The first-order chi connectivity index (χ1) is 7.09. The lowest BCUT2D eigenvalue weighted by Crippen LogP contribution is -1.94. The quantitative estimate of drug-likeness (QED) is 0.617. The average Bonchev–Trinajstić information content (AvgIpc) is 2.52. The second kappa shape index (κ2) is 3.31. The number of nitrogens with zero attached hydrogens (tertiary/aromatic N) is 1. The Kier molecular flexibility index (Phi) is 2.11. The second-order valence-corrected chi connectivity index (χ2v) is 3.65. The van der Waals surface area contributed by atoms with Crippen molar-refractivity contribution in [3.63, 3.8) is 0 Å². The topological polar surface area (TPSA) is 80.7 Å². The smallest absolute Gasteiger partial charge is 0.0672 e. The summed E-state index contributed by atoms with van der Waals surface area (Å²) in [5, 5.41) is 7.09. The summed E-state index contributed by atoms with van der Waals surface area (Å²) in [4.78, 5) is 0. The highest BCUT2D eigenvalue weighted by molar-refractivity contribution is 5.76. The minimum absolute atomic E-state index is 0.604. The Bertz CT molecular complexity index is 480. The molecule has 0 aliphatic rings. The van der Waals surface area contributed by atoms with Crippen LogP contribution in [0.2, 0.25) is 0 Å². The molecule has 1 aromatic carbocycles. The van der Waals surface area contributed by atoms with E-state index in [4.69, 9.17) is 11.5 Å². The molecule has 2 rings (SSSR count). The molecular weight excluding hydrogens is 188 g/mol. The zero-order valence-corrected chi connectivity index (χ0v) is 8.83. The Hall–Kier alpha value is -1.97. The van der Waals surface area contributed by atoms with Crippen molar-refractivity contribution in [1.82, 2.24) is 10.2 Å². The van der Waals surface area contributed by atoms with Crippen LogP contribution in [0.3, 0.4) is 0 Å². The van der Waals surface area contributed by atoms with Gasteiger partial charge in [0.1, 0.15) is 0 Å². The molecule has 0 fully saturated rings. The van der Waals surface area contributed by atoms with Crippen molar-refractivity contribution in [3.8, 4) is 11.1 Å². The average molecular weight is 202 g/mol. The van der Waals surface area contributed by atoms with E-state index in [0.29, 0.717) is 11.4 Å². The van der Waals surface area contributed by atoms with E-state index < -0.39 is 0 Å². The van der Waals surface area contributed by atoms with Crippen LogP contribution in [-0.2, 0) is 0 Å². The largest absolute Gasteiger partial charge is 0.397 e. The van der Waals surface area contributed by atoms with Crippen molar-refractivity contribution in [1.29, 1.82) is 0 Å².